The highest BCUT2D eigenvalue weighted by molar-refractivity contribution is 6.04. The van der Waals surface area contributed by atoms with E-state index in [2.05, 4.69) is 119 Å². The van der Waals surface area contributed by atoms with Gasteiger partial charge >= 0.3 is 0 Å². The number of phenolic OH excluding ortho intramolecular Hbond substituents is 2. The molecule has 0 aliphatic carbocycles. The van der Waals surface area contributed by atoms with Crippen LogP contribution in [0.5, 0.6) is 11.5 Å². The van der Waals surface area contributed by atoms with Crippen molar-refractivity contribution >= 4 is 34.6 Å². The maximum Gasteiger partial charge on any atom is 0.127 e. The number of aliphatic imine (C=N–C) groups is 2. The molecule has 0 unspecified atom stereocenters. The Morgan fingerprint density at radius 1 is 0.500 bits per heavy atom. The minimum absolute atomic E-state index is 0.0307. The first kappa shape index (κ1) is 36.9. The van der Waals surface area contributed by atoms with E-state index in [1.54, 1.807) is 12.4 Å². The maximum atomic E-state index is 11.4. The van der Waals surface area contributed by atoms with Gasteiger partial charge in [-0.3, -0.25) is 9.98 Å². The maximum absolute atomic E-state index is 11.4. The van der Waals surface area contributed by atoms with Gasteiger partial charge in [-0.1, -0.05) is 119 Å². The van der Waals surface area contributed by atoms with E-state index in [9.17, 15) is 10.2 Å². The van der Waals surface area contributed by atoms with Crippen LogP contribution in [-0.2, 0) is 25.7 Å². The molecule has 2 N–H and O–H groups in total. The van der Waals surface area contributed by atoms with Crippen LogP contribution in [0, 0.1) is 21.7 Å². The first-order chi connectivity index (χ1) is 22.1. The van der Waals surface area contributed by atoms with Crippen LogP contribution in [0.1, 0.15) is 116 Å². The van der Waals surface area contributed by atoms with Crippen molar-refractivity contribution in [3.8, 4) is 11.5 Å². The standard InChI is InChI=1S/C44H58N2O2/c1-41(2,3)23-29-19-32(25-43(7,8)9)39(47)34(21-29)27-45-36-17-13-15-31-16-14-18-37(38(31)36)46-28-35-22-30(24-42(4,5)6)20-33(40(35)48)26-44(10,11)12/h13-22,27-28,47-48H,23-26H2,1-12H3. The second-order valence-electron chi connectivity index (χ2n) is 18.5. The van der Waals surface area contributed by atoms with Gasteiger partial charge in [0.05, 0.1) is 11.4 Å². The Kier molecular flexibility index (Phi) is 10.7. The highest BCUT2D eigenvalue weighted by atomic mass is 16.3. The summed E-state index contributed by atoms with van der Waals surface area (Å²) in [6.45, 7) is 26.6. The molecule has 0 heterocycles. The predicted molar refractivity (Wildman–Crippen MR) is 207 cm³/mol. The molecule has 0 bridgehead atoms. The van der Waals surface area contributed by atoms with Crippen molar-refractivity contribution in [1.82, 2.24) is 0 Å². The van der Waals surface area contributed by atoms with Crippen LogP contribution in [0.25, 0.3) is 10.8 Å². The van der Waals surface area contributed by atoms with E-state index in [-0.39, 0.29) is 21.7 Å². The van der Waals surface area contributed by atoms with Crippen LogP contribution in [-0.4, -0.2) is 22.6 Å². The fourth-order valence-electron chi connectivity index (χ4n) is 6.41. The molecule has 0 aliphatic heterocycles. The summed E-state index contributed by atoms with van der Waals surface area (Å²) in [6.07, 6.45) is 6.93. The van der Waals surface area contributed by atoms with Crippen LogP contribution >= 0.6 is 0 Å². The van der Waals surface area contributed by atoms with Crippen LogP contribution in [0.2, 0.25) is 0 Å². The summed E-state index contributed by atoms with van der Waals surface area (Å²) in [6, 6.07) is 20.6. The van der Waals surface area contributed by atoms with E-state index in [1.807, 2.05) is 24.3 Å². The van der Waals surface area contributed by atoms with E-state index < -0.39 is 0 Å². The average Bonchev–Trinajstić information content (AvgIpc) is 2.91. The lowest BCUT2D eigenvalue weighted by molar-refractivity contribution is 0.391. The molecule has 4 nitrogen and oxygen atoms in total. The summed E-state index contributed by atoms with van der Waals surface area (Å²) in [5.41, 5.74) is 7.58. The molecule has 0 aromatic heterocycles. The van der Waals surface area contributed by atoms with E-state index >= 15 is 0 Å². The number of hydrogen-bond acceptors (Lipinski definition) is 4. The highest BCUT2D eigenvalue weighted by Gasteiger charge is 2.21. The van der Waals surface area contributed by atoms with Gasteiger partial charge in [0, 0.05) is 28.9 Å². The molecule has 0 saturated heterocycles. The number of rotatable bonds is 8. The summed E-state index contributed by atoms with van der Waals surface area (Å²) in [4.78, 5) is 9.95. The van der Waals surface area contributed by atoms with Crippen molar-refractivity contribution in [2.75, 3.05) is 0 Å². The zero-order valence-electron chi connectivity index (χ0n) is 31.5. The van der Waals surface area contributed by atoms with Crippen molar-refractivity contribution in [3.63, 3.8) is 0 Å². The van der Waals surface area contributed by atoms with Gasteiger partial charge in [-0.05, 0) is 99.2 Å². The number of benzene rings is 4. The van der Waals surface area contributed by atoms with Gasteiger partial charge in [-0.25, -0.2) is 0 Å². The summed E-state index contributed by atoms with van der Waals surface area (Å²) >= 11 is 0. The van der Waals surface area contributed by atoms with Crippen molar-refractivity contribution < 1.29 is 10.2 Å². The van der Waals surface area contributed by atoms with Crippen LogP contribution in [0.3, 0.4) is 0 Å². The van der Waals surface area contributed by atoms with Gasteiger partial charge in [0.1, 0.15) is 11.5 Å². The molecular formula is C44H58N2O2. The Bertz CT molecular complexity index is 1690. The lowest BCUT2D eigenvalue weighted by Gasteiger charge is -2.23. The zero-order valence-corrected chi connectivity index (χ0v) is 31.5. The third kappa shape index (κ3) is 10.5. The molecular weight excluding hydrogens is 588 g/mol. The quantitative estimate of drug-likeness (QED) is 0.187. The average molecular weight is 647 g/mol. The largest absolute Gasteiger partial charge is 0.507 e. The molecule has 48 heavy (non-hydrogen) atoms. The monoisotopic (exact) mass is 646 g/mol. The number of fused-ring (bicyclic) bond motifs is 1. The zero-order chi connectivity index (χ0) is 35.7. The first-order valence-corrected chi connectivity index (χ1v) is 17.4. The molecule has 0 aliphatic rings. The Hall–Kier alpha value is -3.92. The minimum Gasteiger partial charge on any atom is -0.507 e. The smallest absolute Gasteiger partial charge is 0.127 e. The Labute approximate surface area is 290 Å². The van der Waals surface area contributed by atoms with Crippen molar-refractivity contribution in [3.05, 3.63) is 94.0 Å². The summed E-state index contributed by atoms with van der Waals surface area (Å²) in [7, 11) is 0. The van der Waals surface area contributed by atoms with Gasteiger partial charge < -0.3 is 10.2 Å². The molecule has 0 fully saturated rings. The van der Waals surface area contributed by atoms with Gasteiger partial charge in [-0.2, -0.15) is 0 Å². The summed E-state index contributed by atoms with van der Waals surface area (Å²) < 4.78 is 0. The Morgan fingerprint density at radius 2 is 0.854 bits per heavy atom. The van der Waals surface area contributed by atoms with Crippen LogP contribution in [0.15, 0.2) is 70.6 Å². The molecule has 0 radical (unpaired) electrons. The molecule has 4 heteroatoms. The molecule has 4 aromatic carbocycles. The number of aromatic hydroxyl groups is 2. The van der Waals surface area contributed by atoms with Crippen molar-refractivity contribution in [2.24, 2.45) is 31.6 Å². The molecule has 4 aromatic rings. The Balaban J connectivity index is 1.81. The molecule has 0 spiro atoms. The summed E-state index contributed by atoms with van der Waals surface area (Å²) in [5.74, 6) is 0.586. The normalized spacial score (nSPS) is 13.3. The van der Waals surface area contributed by atoms with E-state index in [0.717, 1.165) is 70.1 Å². The molecule has 0 saturated carbocycles. The molecule has 4 rings (SSSR count). The first-order valence-electron chi connectivity index (χ1n) is 17.4. The predicted octanol–water partition coefficient (Wildman–Crippen LogP) is 12.1. The SMILES string of the molecule is CC(C)(C)Cc1cc(C=Nc2cccc3cccc(N=Cc4cc(CC(C)(C)C)cc(CC(C)(C)C)c4O)c23)c(O)c(CC(C)(C)C)c1. The second-order valence-corrected chi connectivity index (χ2v) is 18.5. The van der Waals surface area contributed by atoms with Crippen molar-refractivity contribution in [2.45, 2.75) is 109 Å². The van der Waals surface area contributed by atoms with Gasteiger partial charge in [0.15, 0.2) is 0 Å². The Morgan fingerprint density at radius 3 is 1.19 bits per heavy atom. The fourth-order valence-corrected chi connectivity index (χ4v) is 6.41. The third-order valence-electron chi connectivity index (χ3n) is 8.01. The number of phenols is 2. The topological polar surface area (TPSA) is 65.2 Å². The molecule has 0 atom stereocenters. The van der Waals surface area contributed by atoms with Gasteiger partial charge in [0.2, 0.25) is 0 Å². The van der Waals surface area contributed by atoms with Crippen molar-refractivity contribution in [1.29, 1.82) is 0 Å². The highest BCUT2D eigenvalue weighted by Crippen LogP contribution is 2.37. The minimum atomic E-state index is 0.0307. The fraction of sp³-hybridized carbons (Fsp3) is 0.455. The molecule has 256 valence electrons. The van der Waals surface area contributed by atoms with Crippen LogP contribution in [0.4, 0.5) is 11.4 Å². The van der Waals surface area contributed by atoms with E-state index in [1.165, 1.54) is 11.1 Å². The van der Waals surface area contributed by atoms with Gasteiger partial charge in [-0.15, -0.1) is 0 Å². The third-order valence-corrected chi connectivity index (χ3v) is 8.01. The van der Waals surface area contributed by atoms with Crippen LogP contribution < -0.4 is 0 Å². The second kappa shape index (κ2) is 13.9. The van der Waals surface area contributed by atoms with E-state index in [0.29, 0.717) is 11.5 Å². The lowest BCUT2D eigenvalue weighted by Crippen LogP contribution is -2.13. The molecule has 0 amide bonds. The van der Waals surface area contributed by atoms with E-state index in [4.69, 9.17) is 9.98 Å². The lowest BCUT2D eigenvalue weighted by atomic mass is 9.83. The summed E-state index contributed by atoms with van der Waals surface area (Å²) in [5, 5.41) is 24.8. The number of hydrogen-bond donors (Lipinski definition) is 2. The number of nitrogens with zero attached hydrogens (tertiary/aromatic N) is 2. The van der Waals surface area contributed by atoms with Gasteiger partial charge in [0.25, 0.3) is 0 Å².